The fourth-order valence-corrected chi connectivity index (χ4v) is 4.15. The van der Waals surface area contributed by atoms with Crippen LogP contribution in [0.5, 0.6) is 0 Å². The minimum atomic E-state index is -5.06. The van der Waals surface area contributed by atoms with Crippen molar-refractivity contribution in [2.75, 3.05) is 0 Å². The first-order chi connectivity index (χ1) is 13.6. The summed E-state index contributed by atoms with van der Waals surface area (Å²) in [5.74, 6) is -1.03. The predicted molar refractivity (Wildman–Crippen MR) is 105 cm³/mol. The Morgan fingerprint density at radius 3 is 2.59 bits per heavy atom. The molecule has 3 aromatic rings. The van der Waals surface area contributed by atoms with Crippen LogP contribution in [0.2, 0.25) is 0 Å². The molecule has 9 heteroatoms. The summed E-state index contributed by atoms with van der Waals surface area (Å²) >= 11 is 1.46. The number of rotatable bonds is 2. The number of carbonyl (C=O) groups excluding carboxylic acids is 1. The van der Waals surface area contributed by atoms with Crippen molar-refractivity contribution in [1.29, 1.82) is 0 Å². The molecule has 3 heterocycles. The van der Waals surface area contributed by atoms with Gasteiger partial charge in [0.2, 0.25) is 0 Å². The smallest absolute Gasteiger partial charge is 0.362 e. The lowest BCUT2D eigenvalue weighted by atomic mass is 10.0. The molecule has 1 aliphatic heterocycles. The average molecular weight is 419 g/mol. The van der Waals surface area contributed by atoms with Crippen LogP contribution in [0, 0.1) is 6.92 Å². The number of benzene rings is 1. The third-order valence-electron chi connectivity index (χ3n) is 4.71. The molecule has 1 atom stereocenters. The maximum absolute atomic E-state index is 13.6. The Bertz CT molecular complexity index is 1160. The Kier molecular flexibility index (Phi) is 4.47. The SMILES string of the molecule is CC1=NN(C(=O)c2cc(-c3ccc(C)s3)nc3ccccc23)[C@@](O)(C(F)(F)F)C1. The van der Waals surface area contributed by atoms with Crippen molar-refractivity contribution in [3.8, 4) is 10.6 Å². The number of aryl methyl sites for hydroxylation is 1. The summed E-state index contributed by atoms with van der Waals surface area (Å²) in [6.45, 7) is 3.26. The zero-order valence-corrected chi connectivity index (χ0v) is 16.3. The number of fused-ring (bicyclic) bond motifs is 1. The van der Waals surface area contributed by atoms with Crippen LogP contribution >= 0.6 is 11.3 Å². The Morgan fingerprint density at radius 2 is 1.93 bits per heavy atom. The van der Waals surface area contributed by atoms with E-state index in [4.69, 9.17) is 0 Å². The molecule has 0 aliphatic carbocycles. The molecular formula is C20H16F3N3O2S. The van der Waals surface area contributed by atoms with Crippen LogP contribution in [-0.4, -0.2) is 38.6 Å². The van der Waals surface area contributed by atoms with Crippen molar-refractivity contribution in [2.45, 2.75) is 32.2 Å². The molecule has 0 saturated carbocycles. The molecule has 1 aliphatic rings. The van der Waals surface area contributed by atoms with E-state index in [0.717, 1.165) is 9.75 Å². The monoisotopic (exact) mass is 419 g/mol. The van der Waals surface area contributed by atoms with Gasteiger partial charge in [-0.05, 0) is 38.1 Å². The highest BCUT2D eigenvalue weighted by molar-refractivity contribution is 7.15. The van der Waals surface area contributed by atoms with Crippen LogP contribution in [0.3, 0.4) is 0 Å². The number of hydrazone groups is 1. The first-order valence-electron chi connectivity index (χ1n) is 8.74. The van der Waals surface area contributed by atoms with E-state index in [2.05, 4.69) is 10.1 Å². The van der Waals surface area contributed by atoms with Crippen molar-refractivity contribution >= 4 is 33.9 Å². The topological polar surface area (TPSA) is 65.8 Å². The summed E-state index contributed by atoms with van der Waals surface area (Å²) in [6, 6.07) is 11.9. The molecule has 0 spiro atoms. The first-order valence-corrected chi connectivity index (χ1v) is 9.56. The zero-order valence-electron chi connectivity index (χ0n) is 15.5. The number of thiophene rings is 1. The van der Waals surface area contributed by atoms with Crippen molar-refractivity contribution in [1.82, 2.24) is 9.99 Å². The molecule has 5 nitrogen and oxygen atoms in total. The highest BCUT2D eigenvalue weighted by atomic mass is 32.1. The van der Waals surface area contributed by atoms with Gasteiger partial charge in [-0.15, -0.1) is 11.3 Å². The summed E-state index contributed by atoms with van der Waals surface area (Å²) in [5, 5.41) is 14.5. The zero-order chi connectivity index (χ0) is 21.0. The number of para-hydroxylation sites is 1. The third-order valence-corrected chi connectivity index (χ3v) is 5.73. The lowest BCUT2D eigenvalue weighted by Crippen LogP contribution is -2.56. The molecule has 150 valence electrons. The van der Waals surface area contributed by atoms with Gasteiger partial charge in [-0.3, -0.25) is 4.79 Å². The van der Waals surface area contributed by atoms with Gasteiger partial charge in [0, 0.05) is 22.4 Å². The Labute approximate surface area is 168 Å². The summed E-state index contributed by atoms with van der Waals surface area (Å²) in [6.07, 6.45) is -5.84. The van der Waals surface area contributed by atoms with E-state index in [0.29, 0.717) is 16.6 Å². The number of amides is 1. The van der Waals surface area contributed by atoms with Crippen LogP contribution in [0.1, 0.15) is 28.6 Å². The number of pyridine rings is 1. The lowest BCUT2D eigenvalue weighted by molar-refractivity contribution is -0.297. The van der Waals surface area contributed by atoms with Gasteiger partial charge >= 0.3 is 6.18 Å². The molecular weight excluding hydrogens is 403 g/mol. The maximum atomic E-state index is 13.6. The van der Waals surface area contributed by atoms with E-state index in [1.807, 2.05) is 19.1 Å². The van der Waals surface area contributed by atoms with Gasteiger partial charge in [0.05, 0.1) is 21.7 Å². The van der Waals surface area contributed by atoms with Crippen LogP contribution in [0.25, 0.3) is 21.5 Å². The summed E-state index contributed by atoms with van der Waals surface area (Å²) in [4.78, 5) is 19.6. The highest BCUT2D eigenvalue weighted by Crippen LogP contribution is 2.41. The van der Waals surface area contributed by atoms with Gasteiger partial charge < -0.3 is 5.11 Å². The van der Waals surface area contributed by atoms with E-state index < -0.39 is 24.2 Å². The fraction of sp³-hybridized carbons (Fsp3) is 0.250. The molecule has 0 fully saturated rings. The number of nitrogens with zero attached hydrogens (tertiary/aromatic N) is 3. The van der Waals surface area contributed by atoms with Gasteiger partial charge in [0.1, 0.15) is 0 Å². The summed E-state index contributed by atoms with van der Waals surface area (Å²) in [5.41, 5.74) is -2.42. The highest BCUT2D eigenvalue weighted by Gasteiger charge is 2.62. The minimum Gasteiger partial charge on any atom is -0.362 e. The quantitative estimate of drug-likeness (QED) is 0.652. The molecule has 0 radical (unpaired) electrons. The van der Waals surface area contributed by atoms with E-state index in [-0.39, 0.29) is 16.3 Å². The van der Waals surface area contributed by atoms with Crippen LogP contribution in [0.4, 0.5) is 13.2 Å². The predicted octanol–water partition coefficient (Wildman–Crippen LogP) is 4.74. The van der Waals surface area contributed by atoms with Crippen molar-refractivity contribution in [2.24, 2.45) is 5.10 Å². The fourth-order valence-electron chi connectivity index (χ4n) is 3.32. The third kappa shape index (κ3) is 3.20. The molecule has 2 aromatic heterocycles. The molecule has 0 bridgehead atoms. The van der Waals surface area contributed by atoms with Crippen LogP contribution in [0.15, 0.2) is 47.6 Å². The lowest BCUT2D eigenvalue weighted by Gasteiger charge is -2.32. The Hall–Kier alpha value is -2.78. The van der Waals surface area contributed by atoms with Crippen molar-refractivity contribution in [3.05, 3.63) is 52.9 Å². The minimum absolute atomic E-state index is 0.00206. The maximum Gasteiger partial charge on any atom is 0.438 e. The number of carbonyl (C=O) groups is 1. The van der Waals surface area contributed by atoms with Gasteiger partial charge in [0.15, 0.2) is 0 Å². The van der Waals surface area contributed by atoms with Crippen LogP contribution < -0.4 is 0 Å². The number of halogens is 3. The Balaban J connectivity index is 1.89. The second-order valence-corrected chi connectivity index (χ2v) is 8.21. The van der Waals surface area contributed by atoms with Crippen LogP contribution in [-0.2, 0) is 0 Å². The van der Waals surface area contributed by atoms with Crippen molar-refractivity contribution in [3.63, 3.8) is 0 Å². The van der Waals surface area contributed by atoms with Gasteiger partial charge in [0.25, 0.3) is 11.6 Å². The molecule has 1 N–H and O–H groups in total. The van der Waals surface area contributed by atoms with E-state index in [1.165, 1.54) is 24.3 Å². The molecule has 29 heavy (non-hydrogen) atoms. The summed E-state index contributed by atoms with van der Waals surface area (Å²) in [7, 11) is 0. The number of alkyl halides is 3. The van der Waals surface area contributed by atoms with Gasteiger partial charge in [-0.2, -0.15) is 23.3 Å². The van der Waals surface area contributed by atoms with Crippen molar-refractivity contribution < 1.29 is 23.1 Å². The molecule has 1 amide bonds. The second kappa shape index (κ2) is 6.64. The molecule has 4 rings (SSSR count). The average Bonchev–Trinajstić information content (AvgIpc) is 3.23. The Morgan fingerprint density at radius 1 is 1.21 bits per heavy atom. The number of hydrogen-bond acceptors (Lipinski definition) is 5. The number of aromatic nitrogens is 1. The largest absolute Gasteiger partial charge is 0.438 e. The molecule has 0 unspecified atom stereocenters. The second-order valence-electron chi connectivity index (χ2n) is 6.93. The van der Waals surface area contributed by atoms with E-state index in [9.17, 15) is 23.1 Å². The van der Waals surface area contributed by atoms with E-state index in [1.54, 1.807) is 24.3 Å². The molecule has 1 aromatic carbocycles. The standard InChI is InChI=1S/C20H16F3N3O2S/c1-11-10-19(28,20(21,22)23)26(25-11)18(27)14-9-16(17-8-7-12(2)29-17)24-15-6-4-3-5-13(14)15/h3-9,28H,10H2,1-2H3/t19-/m0/s1. The van der Waals surface area contributed by atoms with E-state index >= 15 is 0 Å². The van der Waals surface area contributed by atoms with Gasteiger partial charge in [-0.25, -0.2) is 4.98 Å². The summed E-state index contributed by atoms with van der Waals surface area (Å²) < 4.78 is 40.7. The number of hydrogen-bond donors (Lipinski definition) is 1. The first kappa shape index (κ1) is 19.5. The molecule has 0 saturated heterocycles. The normalized spacial score (nSPS) is 19.7. The number of aliphatic hydroxyl groups is 1. The van der Waals surface area contributed by atoms with Gasteiger partial charge in [-0.1, -0.05) is 18.2 Å².